The fourth-order valence-corrected chi connectivity index (χ4v) is 2.45. The van der Waals surface area contributed by atoms with Gasteiger partial charge in [0.05, 0.1) is 0 Å². The summed E-state index contributed by atoms with van der Waals surface area (Å²) in [7, 11) is 0. The molecule has 2 aromatic rings. The number of carbonyl (C=O) groups is 1. The Morgan fingerprint density at radius 1 is 1.32 bits per heavy atom. The zero-order chi connectivity index (χ0) is 16.1. The van der Waals surface area contributed by atoms with Crippen LogP contribution in [0.3, 0.4) is 0 Å². The molecule has 0 radical (unpaired) electrons. The molecular weight excluding hydrogens is 305 g/mol. The molecule has 0 aliphatic rings. The number of hydrogen-bond acceptors (Lipinski definition) is 5. The Morgan fingerprint density at radius 3 is 2.55 bits per heavy atom. The first-order valence-electron chi connectivity index (χ1n) is 7.06. The summed E-state index contributed by atoms with van der Waals surface area (Å²) >= 11 is 1.35. The van der Waals surface area contributed by atoms with E-state index in [0.29, 0.717) is 17.3 Å². The lowest BCUT2D eigenvalue weighted by atomic mass is 10.2. The van der Waals surface area contributed by atoms with Crippen LogP contribution in [0.25, 0.3) is 0 Å². The van der Waals surface area contributed by atoms with Gasteiger partial charge in [-0.1, -0.05) is 32.1 Å². The second-order valence-electron chi connectivity index (χ2n) is 5.06. The van der Waals surface area contributed by atoms with Crippen LogP contribution in [0.4, 0.5) is 9.52 Å². The monoisotopic (exact) mass is 323 g/mol. The van der Waals surface area contributed by atoms with Crippen molar-refractivity contribution in [2.24, 2.45) is 0 Å². The maximum Gasteiger partial charge on any atom is 0.267 e. The summed E-state index contributed by atoms with van der Waals surface area (Å²) in [4.78, 5) is 12.2. The molecule has 1 amide bonds. The average molecular weight is 323 g/mol. The van der Waals surface area contributed by atoms with Gasteiger partial charge in [-0.05, 0) is 30.7 Å². The molecule has 2 rings (SSSR count). The predicted octanol–water partition coefficient (Wildman–Crippen LogP) is 3.60. The van der Waals surface area contributed by atoms with E-state index in [2.05, 4.69) is 15.5 Å². The number of carbonyl (C=O) groups excluding carboxylic acids is 1. The van der Waals surface area contributed by atoms with Crippen LogP contribution in [0.1, 0.15) is 38.1 Å². The molecule has 0 saturated carbocycles. The minimum atomic E-state index is -0.670. The molecule has 0 aliphatic heterocycles. The predicted molar refractivity (Wildman–Crippen MR) is 83.7 cm³/mol. The molecule has 0 bridgehead atoms. The first-order valence-corrected chi connectivity index (χ1v) is 7.87. The van der Waals surface area contributed by atoms with Gasteiger partial charge >= 0.3 is 0 Å². The Labute approximate surface area is 132 Å². The molecule has 0 spiro atoms. The normalized spacial score (nSPS) is 12.2. The van der Waals surface area contributed by atoms with E-state index < -0.39 is 6.10 Å². The fraction of sp³-hybridized carbons (Fsp3) is 0.400. The third kappa shape index (κ3) is 4.24. The van der Waals surface area contributed by atoms with Crippen molar-refractivity contribution in [1.29, 1.82) is 0 Å². The van der Waals surface area contributed by atoms with Crippen LogP contribution in [-0.2, 0) is 4.79 Å². The Kier molecular flexibility index (Phi) is 5.43. The van der Waals surface area contributed by atoms with E-state index in [0.717, 1.165) is 5.01 Å². The van der Waals surface area contributed by atoms with Crippen molar-refractivity contribution in [2.45, 2.75) is 39.2 Å². The van der Waals surface area contributed by atoms with Crippen molar-refractivity contribution in [1.82, 2.24) is 10.2 Å². The second kappa shape index (κ2) is 7.31. The van der Waals surface area contributed by atoms with E-state index in [4.69, 9.17) is 4.74 Å². The summed E-state index contributed by atoms with van der Waals surface area (Å²) in [5, 5.41) is 12.0. The molecule has 118 valence electrons. The number of hydrogen-bond donors (Lipinski definition) is 1. The zero-order valence-electron chi connectivity index (χ0n) is 12.7. The van der Waals surface area contributed by atoms with Crippen molar-refractivity contribution < 1.29 is 13.9 Å². The van der Waals surface area contributed by atoms with Gasteiger partial charge in [0, 0.05) is 5.92 Å². The SMILES string of the molecule is CCC(Oc1ccc(F)cc1)C(=O)Nc1nnc(C(C)C)s1. The molecule has 0 fully saturated rings. The van der Waals surface area contributed by atoms with Gasteiger partial charge in [-0.2, -0.15) is 0 Å². The van der Waals surface area contributed by atoms with Crippen molar-refractivity contribution in [2.75, 3.05) is 5.32 Å². The van der Waals surface area contributed by atoms with E-state index in [1.54, 1.807) is 0 Å². The van der Waals surface area contributed by atoms with Crippen LogP contribution in [-0.4, -0.2) is 22.2 Å². The molecule has 1 heterocycles. The summed E-state index contributed by atoms with van der Waals surface area (Å²) in [5.41, 5.74) is 0. The van der Waals surface area contributed by atoms with E-state index in [1.165, 1.54) is 35.6 Å². The maximum atomic E-state index is 12.9. The fourth-order valence-electron chi connectivity index (χ4n) is 1.70. The van der Waals surface area contributed by atoms with Crippen LogP contribution < -0.4 is 10.1 Å². The van der Waals surface area contributed by atoms with Crippen molar-refractivity contribution in [3.8, 4) is 5.75 Å². The Hall–Kier alpha value is -2.02. The zero-order valence-corrected chi connectivity index (χ0v) is 13.5. The van der Waals surface area contributed by atoms with Gasteiger partial charge in [0.1, 0.15) is 16.6 Å². The molecule has 1 unspecified atom stereocenters. The summed E-state index contributed by atoms with van der Waals surface area (Å²) in [5.74, 6) is 0.0716. The molecule has 1 aromatic carbocycles. The van der Waals surface area contributed by atoms with Gasteiger partial charge in [0.25, 0.3) is 5.91 Å². The largest absolute Gasteiger partial charge is 0.481 e. The van der Waals surface area contributed by atoms with Crippen LogP contribution in [0.5, 0.6) is 5.75 Å². The minimum absolute atomic E-state index is 0.264. The number of nitrogens with zero attached hydrogens (tertiary/aromatic N) is 2. The lowest BCUT2D eigenvalue weighted by molar-refractivity contribution is -0.122. The third-order valence-electron chi connectivity index (χ3n) is 2.92. The average Bonchev–Trinajstić information content (AvgIpc) is 2.95. The molecule has 1 aromatic heterocycles. The first-order chi connectivity index (χ1) is 10.5. The highest BCUT2D eigenvalue weighted by Gasteiger charge is 2.20. The van der Waals surface area contributed by atoms with Gasteiger partial charge in [0.15, 0.2) is 6.10 Å². The van der Waals surface area contributed by atoms with Crippen LogP contribution in [0.2, 0.25) is 0 Å². The van der Waals surface area contributed by atoms with Crippen molar-refractivity contribution in [3.63, 3.8) is 0 Å². The Morgan fingerprint density at radius 2 is 2.00 bits per heavy atom. The second-order valence-corrected chi connectivity index (χ2v) is 6.07. The van der Waals surface area contributed by atoms with Crippen LogP contribution in [0.15, 0.2) is 24.3 Å². The number of anilines is 1. The van der Waals surface area contributed by atoms with Crippen LogP contribution >= 0.6 is 11.3 Å². The van der Waals surface area contributed by atoms with Gasteiger partial charge in [-0.15, -0.1) is 10.2 Å². The van der Waals surface area contributed by atoms with Crippen molar-refractivity contribution in [3.05, 3.63) is 35.1 Å². The van der Waals surface area contributed by atoms with Gasteiger partial charge in [-0.25, -0.2) is 4.39 Å². The molecular formula is C15H18FN3O2S. The molecule has 7 heteroatoms. The summed E-state index contributed by atoms with van der Waals surface area (Å²) in [6.45, 7) is 5.87. The highest BCUT2D eigenvalue weighted by atomic mass is 32.1. The third-order valence-corrected chi connectivity index (χ3v) is 4.06. The minimum Gasteiger partial charge on any atom is -0.481 e. The maximum absolute atomic E-state index is 12.9. The summed E-state index contributed by atoms with van der Waals surface area (Å²) in [6.07, 6.45) is -0.184. The number of nitrogens with one attached hydrogen (secondary N) is 1. The number of amides is 1. The highest BCUT2D eigenvalue weighted by molar-refractivity contribution is 7.15. The summed E-state index contributed by atoms with van der Waals surface area (Å²) in [6, 6.07) is 5.57. The first kappa shape index (κ1) is 16.4. The molecule has 1 N–H and O–H groups in total. The topological polar surface area (TPSA) is 64.1 Å². The summed E-state index contributed by atoms with van der Waals surface area (Å²) < 4.78 is 18.5. The van der Waals surface area contributed by atoms with E-state index in [9.17, 15) is 9.18 Å². The van der Waals surface area contributed by atoms with Crippen LogP contribution in [0, 0.1) is 5.82 Å². The number of rotatable bonds is 6. The lowest BCUT2D eigenvalue weighted by Crippen LogP contribution is -2.32. The molecule has 22 heavy (non-hydrogen) atoms. The highest BCUT2D eigenvalue weighted by Crippen LogP contribution is 2.23. The standard InChI is InChI=1S/C15H18FN3O2S/c1-4-12(21-11-7-5-10(16)6-8-11)13(20)17-15-19-18-14(22-15)9(2)3/h5-9,12H,4H2,1-3H3,(H,17,19,20). The van der Waals surface area contributed by atoms with Crippen molar-refractivity contribution >= 4 is 22.4 Å². The van der Waals surface area contributed by atoms with Gasteiger partial charge in [0.2, 0.25) is 5.13 Å². The van der Waals surface area contributed by atoms with E-state index in [-0.39, 0.29) is 17.6 Å². The Balaban J connectivity index is 2.00. The molecule has 0 aliphatic carbocycles. The molecule has 1 atom stereocenters. The lowest BCUT2D eigenvalue weighted by Gasteiger charge is -2.16. The van der Waals surface area contributed by atoms with Gasteiger partial charge in [-0.3, -0.25) is 10.1 Å². The number of aromatic nitrogens is 2. The Bertz CT molecular complexity index is 628. The number of ether oxygens (including phenoxy) is 1. The molecule has 5 nitrogen and oxygen atoms in total. The number of benzene rings is 1. The van der Waals surface area contributed by atoms with E-state index >= 15 is 0 Å². The smallest absolute Gasteiger partial charge is 0.267 e. The molecule has 0 saturated heterocycles. The number of halogens is 1. The quantitative estimate of drug-likeness (QED) is 0.882. The van der Waals surface area contributed by atoms with E-state index in [1.807, 2.05) is 20.8 Å². The van der Waals surface area contributed by atoms with Gasteiger partial charge < -0.3 is 4.74 Å².